The smallest absolute Gasteiger partial charge is 0.123 e. The predicted molar refractivity (Wildman–Crippen MR) is 89.4 cm³/mol. The van der Waals surface area contributed by atoms with Crippen LogP contribution in [0.4, 0.5) is 10.1 Å². The zero-order chi connectivity index (χ0) is 14.7. The lowest BCUT2D eigenvalue weighted by molar-refractivity contribution is 0.191. The van der Waals surface area contributed by atoms with Gasteiger partial charge in [0.1, 0.15) is 5.82 Å². The molecule has 2 N–H and O–H groups in total. The van der Waals surface area contributed by atoms with E-state index in [0.29, 0.717) is 5.56 Å². The van der Waals surface area contributed by atoms with Gasteiger partial charge in [-0.1, -0.05) is 28.1 Å². The van der Waals surface area contributed by atoms with E-state index in [1.807, 2.05) is 12.1 Å². The lowest BCUT2D eigenvalue weighted by Gasteiger charge is -2.16. The zero-order valence-corrected chi connectivity index (χ0v) is 15.0. The van der Waals surface area contributed by atoms with E-state index >= 15 is 0 Å². The van der Waals surface area contributed by atoms with E-state index in [4.69, 9.17) is 0 Å². The van der Waals surface area contributed by atoms with Crippen LogP contribution in [-0.4, -0.2) is 11.7 Å². The Balaban J connectivity index is 2.09. The first-order valence-corrected chi connectivity index (χ1v) is 8.17. The van der Waals surface area contributed by atoms with Gasteiger partial charge in [0, 0.05) is 20.0 Å². The van der Waals surface area contributed by atoms with Crippen LogP contribution in [-0.2, 0) is 0 Å². The van der Waals surface area contributed by atoms with E-state index in [0.717, 1.165) is 19.1 Å². The number of aliphatic hydroxyl groups is 1. The van der Waals surface area contributed by atoms with Crippen LogP contribution in [0.2, 0.25) is 0 Å². The van der Waals surface area contributed by atoms with Gasteiger partial charge >= 0.3 is 0 Å². The minimum Gasteiger partial charge on any atom is -0.387 e. The summed E-state index contributed by atoms with van der Waals surface area (Å²) in [6, 6.07) is 9.77. The Labute approximate surface area is 141 Å². The van der Waals surface area contributed by atoms with Crippen LogP contribution < -0.4 is 5.32 Å². The highest BCUT2D eigenvalue weighted by Crippen LogP contribution is 2.34. The first-order chi connectivity index (χ1) is 9.47. The van der Waals surface area contributed by atoms with E-state index in [1.54, 1.807) is 12.1 Å². The lowest BCUT2D eigenvalue weighted by Crippen LogP contribution is -2.13. The molecule has 1 unspecified atom stereocenters. The second-order valence-electron chi connectivity index (χ2n) is 4.20. The Morgan fingerprint density at radius 2 is 1.75 bits per heavy atom. The average molecular weight is 468 g/mol. The molecule has 0 aliphatic carbocycles. The monoisotopic (exact) mass is 465 g/mol. The molecular formula is C14H11Br3FNO. The Kier molecular flexibility index (Phi) is 5.60. The summed E-state index contributed by atoms with van der Waals surface area (Å²) < 4.78 is 15.8. The van der Waals surface area contributed by atoms with Crippen molar-refractivity contribution in [2.75, 3.05) is 11.9 Å². The minimum absolute atomic E-state index is 0.280. The van der Waals surface area contributed by atoms with Gasteiger partial charge in [0.25, 0.3) is 0 Å². The van der Waals surface area contributed by atoms with Crippen LogP contribution >= 0.6 is 47.8 Å². The molecule has 2 aromatic rings. The highest BCUT2D eigenvalue weighted by Gasteiger charge is 2.11. The summed E-state index contributed by atoms with van der Waals surface area (Å²) in [5.41, 5.74) is 1.38. The summed E-state index contributed by atoms with van der Waals surface area (Å²) in [6.45, 7) is 0.280. The van der Waals surface area contributed by atoms with Crippen LogP contribution in [0.1, 0.15) is 11.7 Å². The standard InChI is InChI=1S/C14H11Br3FNO/c15-9-5-11(16)14(12(17)6-9)19-7-13(20)8-2-1-3-10(18)4-8/h1-6,13,19-20H,7H2. The van der Waals surface area contributed by atoms with Gasteiger partial charge in [-0.15, -0.1) is 0 Å². The van der Waals surface area contributed by atoms with Crippen molar-refractivity contribution < 1.29 is 9.50 Å². The van der Waals surface area contributed by atoms with E-state index in [1.165, 1.54) is 12.1 Å². The van der Waals surface area contributed by atoms with Crippen LogP contribution in [0.5, 0.6) is 0 Å². The van der Waals surface area contributed by atoms with Gasteiger partial charge in [-0.05, 0) is 61.7 Å². The molecule has 0 saturated carbocycles. The molecule has 0 spiro atoms. The van der Waals surface area contributed by atoms with Gasteiger partial charge in [0.2, 0.25) is 0 Å². The number of anilines is 1. The second kappa shape index (κ2) is 7.02. The predicted octanol–water partition coefficient (Wildman–Crippen LogP) is 5.26. The molecule has 1 atom stereocenters. The van der Waals surface area contributed by atoms with Crippen LogP contribution in [0.15, 0.2) is 49.8 Å². The first kappa shape index (κ1) is 15.9. The number of rotatable bonds is 4. The van der Waals surface area contributed by atoms with Crippen molar-refractivity contribution in [3.05, 3.63) is 61.2 Å². The maximum atomic E-state index is 13.1. The molecule has 0 heterocycles. The molecule has 2 nitrogen and oxygen atoms in total. The zero-order valence-electron chi connectivity index (χ0n) is 10.2. The molecule has 20 heavy (non-hydrogen) atoms. The highest BCUT2D eigenvalue weighted by molar-refractivity contribution is 9.11. The normalized spacial score (nSPS) is 12.2. The third-order valence-electron chi connectivity index (χ3n) is 2.71. The van der Waals surface area contributed by atoms with Gasteiger partial charge in [-0.25, -0.2) is 4.39 Å². The van der Waals surface area contributed by atoms with E-state index in [-0.39, 0.29) is 12.4 Å². The second-order valence-corrected chi connectivity index (χ2v) is 6.82. The quantitative estimate of drug-likeness (QED) is 0.643. The van der Waals surface area contributed by atoms with Gasteiger partial charge in [-0.3, -0.25) is 0 Å². The van der Waals surface area contributed by atoms with E-state index in [2.05, 4.69) is 53.1 Å². The molecule has 6 heteroatoms. The summed E-state index contributed by atoms with van der Waals surface area (Å²) in [4.78, 5) is 0. The Morgan fingerprint density at radius 1 is 1.10 bits per heavy atom. The highest BCUT2D eigenvalue weighted by atomic mass is 79.9. The number of aliphatic hydroxyl groups excluding tert-OH is 1. The summed E-state index contributed by atoms with van der Waals surface area (Å²) in [5, 5.41) is 13.2. The summed E-state index contributed by atoms with van der Waals surface area (Å²) >= 11 is 10.3. The fraction of sp³-hybridized carbons (Fsp3) is 0.143. The number of halogens is 4. The molecule has 0 bridgehead atoms. The fourth-order valence-corrected chi connectivity index (χ4v) is 4.28. The average Bonchev–Trinajstić information content (AvgIpc) is 2.37. The third-order valence-corrected chi connectivity index (χ3v) is 4.42. The number of nitrogens with one attached hydrogen (secondary N) is 1. The van der Waals surface area contributed by atoms with Crippen molar-refractivity contribution in [3.63, 3.8) is 0 Å². The van der Waals surface area contributed by atoms with Gasteiger partial charge in [0.05, 0.1) is 11.8 Å². The van der Waals surface area contributed by atoms with Crippen LogP contribution in [0.25, 0.3) is 0 Å². The maximum absolute atomic E-state index is 13.1. The third kappa shape index (κ3) is 4.04. The molecule has 2 aromatic carbocycles. The van der Waals surface area contributed by atoms with Crippen molar-refractivity contribution in [1.29, 1.82) is 0 Å². The van der Waals surface area contributed by atoms with Gasteiger partial charge < -0.3 is 10.4 Å². The Hall–Kier alpha value is -0.430. The molecule has 0 aliphatic heterocycles. The number of hydrogen-bond acceptors (Lipinski definition) is 2. The molecule has 106 valence electrons. The number of hydrogen-bond donors (Lipinski definition) is 2. The van der Waals surface area contributed by atoms with E-state index < -0.39 is 6.10 Å². The molecule has 0 amide bonds. The fourth-order valence-electron chi connectivity index (χ4n) is 1.74. The molecule has 0 fully saturated rings. The topological polar surface area (TPSA) is 32.3 Å². The summed E-state index contributed by atoms with van der Waals surface area (Å²) in [5.74, 6) is -0.354. The van der Waals surface area contributed by atoms with Gasteiger partial charge in [0.15, 0.2) is 0 Å². The van der Waals surface area contributed by atoms with Gasteiger partial charge in [-0.2, -0.15) is 0 Å². The number of benzene rings is 2. The van der Waals surface area contributed by atoms with Crippen molar-refractivity contribution >= 4 is 53.5 Å². The first-order valence-electron chi connectivity index (χ1n) is 5.79. The van der Waals surface area contributed by atoms with Crippen molar-refractivity contribution in [2.45, 2.75) is 6.10 Å². The van der Waals surface area contributed by atoms with Crippen LogP contribution in [0.3, 0.4) is 0 Å². The summed E-state index contributed by atoms with van der Waals surface area (Å²) in [7, 11) is 0. The summed E-state index contributed by atoms with van der Waals surface area (Å²) in [6.07, 6.45) is -0.784. The SMILES string of the molecule is OC(CNc1c(Br)cc(Br)cc1Br)c1cccc(F)c1. The van der Waals surface area contributed by atoms with Crippen LogP contribution in [0, 0.1) is 5.82 Å². The molecule has 0 saturated heterocycles. The van der Waals surface area contributed by atoms with E-state index in [9.17, 15) is 9.50 Å². The molecule has 0 aromatic heterocycles. The molecule has 2 rings (SSSR count). The van der Waals surface area contributed by atoms with Crippen molar-refractivity contribution in [1.82, 2.24) is 0 Å². The van der Waals surface area contributed by atoms with Crippen molar-refractivity contribution in [2.24, 2.45) is 0 Å². The molecule has 0 aliphatic rings. The van der Waals surface area contributed by atoms with Crippen molar-refractivity contribution in [3.8, 4) is 0 Å². The lowest BCUT2D eigenvalue weighted by atomic mass is 10.1. The Bertz CT molecular complexity index is 598. The molecular weight excluding hydrogens is 457 g/mol. The molecule has 0 radical (unpaired) electrons. The Morgan fingerprint density at radius 3 is 2.35 bits per heavy atom. The maximum Gasteiger partial charge on any atom is 0.123 e. The largest absolute Gasteiger partial charge is 0.387 e. The minimum atomic E-state index is -0.784.